The molecule has 2 atom stereocenters. The molecule has 0 saturated carbocycles. The van der Waals surface area contributed by atoms with Crippen molar-refractivity contribution in [1.82, 2.24) is 10.2 Å². The van der Waals surface area contributed by atoms with Crippen molar-refractivity contribution >= 4 is 5.69 Å². The van der Waals surface area contributed by atoms with E-state index < -0.39 is 0 Å². The van der Waals surface area contributed by atoms with Crippen molar-refractivity contribution in [3.63, 3.8) is 0 Å². The van der Waals surface area contributed by atoms with E-state index in [1.165, 1.54) is 13.0 Å². The van der Waals surface area contributed by atoms with Crippen LogP contribution < -0.4 is 5.32 Å². The molecule has 5 nitrogen and oxygen atoms in total. The largest absolute Gasteiger partial charge is 0.310 e. The lowest BCUT2D eigenvalue weighted by Gasteiger charge is -2.18. The number of hydrogen-bond donors (Lipinski definition) is 1. The fourth-order valence-corrected chi connectivity index (χ4v) is 2.84. The number of hydrogen-bond acceptors (Lipinski definition) is 4. The third-order valence-corrected chi connectivity index (χ3v) is 4.13. The summed E-state index contributed by atoms with van der Waals surface area (Å²) >= 11 is 0. The fourth-order valence-electron chi connectivity index (χ4n) is 2.84. The molecule has 1 aliphatic rings. The molecular weight excluding hydrogens is 254 g/mol. The Kier molecular flexibility index (Phi) is 5.09. The molecule has 1 heterocycles. The van der Waals surface area contributed by atoms with Crippen molar-refractivity contribution in [3.8, 4) is 0 Å². The topological polar surface area (TPSA) is 58.4 Å². The van der Waals surface area contributed by atoms with Gasteiger partial charge in [0.25, 0.3) is 5.69 Å². The number of nitrogens with zero attached hydrogens (tertiary/aromatic N) is 2. The van der Waals surface area contributed by atoms with Gasteiger partial charge in [0.15, 0.2) is 0 Å². The summed E-state index contributed by atoms with van der Waals surface area (Å²) in [5.41, 5.74) is 0.969. The lowest BCUT2D eigenvalue weighted by molar-refractivity contribution is -0.385. The molecule has 1 aliphatic heterocycles. The van der Waals surface area contributed by atoms with Crippen molar-refractivity contribution in [2.45, 2.75) is 26.3 Å². The Bertz CT molecular complexity index is 464. The smallest absolute Gasteiger partial charge is 0.274 e. The van der Waals surface area contributed by atoms with E-state index in [0.29, 0.717) is 5.92 Å². The Labute approximate surface area is 120 Å². The van der Waals surface area contributed by atoms with Crippen LogP contribution in [0.25, 0.3) is 0 Å². The molecule has 1 fully saturated rings. The van der Waals surface area contributed by atoms with Crippen molar-refractivity contribution < 1.29 is 4.92 Å². The highest BCUT2D eigenvalue weighted by Crippen LogP contribution is 2.25. The van der Waals surface area contributed by atoms with Crippen LogP contribution in [-0.2, 0) is 0 Å². The van der Waals surface area contributed by atoms with Gasteiger partial charge in [0, 0.05) is 24.2 Å². The Balaban J connectivity index is 1.92. The zero-order valence-corrected chi connectivity index (χ0v) is 12.2. The molecular formula is C15H23N3O2. The summed E-state index contributed by atoms with van der Waals surface area (Å²) in [6.45, 7) is 8.51. The number of rotatable bonds is 6. The molecule has 110 valence electrons. The first-order chi connectivity index (χ1) is 9.61. The maximum atomic E-state index is 11.0. The Morgan fingerprint density at radius 2 is 2.25 bits per heavy atom. The van der Waals surface area contributed by atoms with Crippen LogP contribution in [0.5, 0.6) is 0 Å². The van der Waals surface area contributed by atoms with E-state index in [1.807, 2.05) is 19.1 Å². The van der Waals surface area contributed by atoms with Gasteiger partial charge in [-0.05, 0) is 38.9 Å². The van der Waals surface area contributed by atoms with Gasteiger partial charge in [-0.15, -0.1) is 0 Å². The zero-order chi connectivity index (χ0) is 14.5. The van der Waals surface area contributed by atoms with Gasteiger partial charge in [-0.3, -0.25) is 10.1 Å². The minimum atomic E-state index is -0.304. The second kappa shape index (κ2) is 6.81. The van der Waals surface area contributed by atoms with Crippen LogP contribution >= 0.6 is 0 Å². The summed E-state index contributed by atoms with van der Waals surface area (Å²) in [5, 5.41) is 14.5. The average molecular weight is 277 g/mol. The number of nitro groups is 1. The molecule has 2 unspecified atom stereocenters. The second-order valence-corrected chi connectivity index (χ2v) is 5.49. The molecule has 1 aromatic rings. The maximum absolute atomic E-state index is 11.0. The summed E-state index contributed by atoms with van der Waals surface area (Å²) in [5.74, 6) is 0.653. The quantitative estimate of drug-likeness (QED) is 0.641. The summed E-state index contributed by atoms with van der Waals surface area (Å²) in [6, 6.07) is 6.98. The molecule has 1 aromatic carbocycles. The molecule has 1 N–H and O–H groups in total. The van der Waals surface area contributed by atoms with Crippen LogP contribution in [0.4, 0.5) is 5.69 Å². The zero-order valence-electron chi connectivity index (χ0n) is 12.2. The van der Waals surface area contributed by atoms with E-state index in [4.69, 9.17) is 0 Å². The van der Waals surface area contributed by atoms with Gasteiger partial charge in [0.2, 0.25) is 0 Å². The SMILES string of the molecule is CCN1CCC(CNC(C)c2ccccc2[N+](=O)[O-])C1. The first kappa shape index (κ1) is 14.9. The third-order valence-electron chi connectivity index (χ3n) is 4.13. The van der Waals surface area contributed by atoms with Crippen LogP contribution in [0.1, 0.15) is 31.9 Å². The monoisotopic (exact) mass is 277 g/mol. The third kappa shape index (κ3) is 3.55. The van der Waals surface area contributed by atoms with Crippen molar-refractivity contribution in [2.75, 3.05) is 26.2 Å². The summed E-state index contributed by atoms with van der Waals surface area (Å²) in [6.07, 6.45) is 1.21. The van der Waals surface area contributed by atoms with Crippen molar-refractivity contribution in [2.24, 2.45) is 5.92 Å². The average Bonchev–Trinajstić information content (AvgIpc) is 2.92. The van der Waals surface area contributed by atoms with E-state index >= 15 is 0 Å². The second-order valence-electron chi connectivity index (χ2n) is 5.49. The van der Waals surface area contributed by atoms with Crippen molar-refractivity contribution in [3.05, 3.63) is 39.9 Å². The van der Waals surface area contributed by atoms with Gasteiger partial charge < -0.3 is 10.2 Å². The number of likely N-dealkylation sites (tertiary alicyclic amines) is 1. The molecule has 0 amide bonds. The minimum Gasteiger partial charge on any atom is -0.310 e. The van der Waals surface area contributed by atoms with Crippen LogP contribution in [0.3, 0.4) is 0 Å². The summed E-state index contributed by atoms with van der Waals surface area (Å²) in [4.78, 5) is 13.2. The summed E-state index contributed by atoms with van der Waals surface area (Å²) in [7, 11) is 0. The molecule has 0 spiro atoms. The predicted molar refractivity (Wildman–Crippen MR) is 79.7 cm³/mol. The van der Waals surface area contributed by atoms with Gasteiger partial charge in [0.05, 0.1) is 4.92 Å². The van der Waals surface area contributed by atoms with Gasteiger partial charge >= 0.3 is 0 Å². The number of benzene rings is 1. The lowest BCUT2D eigenvalue weighted by Crippen LogP contribution is -2.28. The van der Waals surface area contributed by atoms with E-state index in [1.54, 1.807) is 12.1 Å². The lowest BCUT2D eigenvalue weighted by atomic mass is 10.0. The van der Waals surface area contributed by atoms with Crippen LogP contribution in [0.2, 0.25) is 0 Å². The normalized spacial score (nSPS) is 21.0. The first-order valence-corrected chi connectivity index (χ1v) is 7.30. The summed E-state index contributed by atoms with van der Waals surface area (Å²) < 4.78 is 0. The first-order valence-electron chi connectivity index (χ1n) is 7.30. The molecule has 0 bridgehead atoms. The highest BCUT2D eigenvalue weighted by atomic mass is 16.6. The molecule has 0 aromatic heterocycles. The Morgan fingerprint density at radius 1 is 1.50 bits per heavy atom. The van der Waals surface area contributed by atoms with Gasteiger partial charge in [-0.2, -0.15) is 0 Å². The standard InChI is InChI=1S/C15H23N3O2/c1-3-17-9-8-13(11-17)10-16-12(2)14-6-4-5-7-15(14)18(19)20/h4-7,12-13,16H,3,8-11H2,1-2H3. The molecule has 1 saturated heterocycles. The molecule has 0 aliphatic carbocycles. The fraction of sp³-hybridized carbons (Fsp3) is 0.600. The van der Waals surface area contributed by atoms with E-state index in [2.05, 4.69) is 17.1 Å². The van der Waals surface area contributed by atoms with Crippen LogP contribution in [-0.4, -0.2) is 36.0 Å². The Hall–Kier alpha value is -1.46. The Morgan fingerprint density at radius 3 is 2.90 bits per heavy atom. The minimum absolute atomic E-state index is 0.00674. The highest BCUT2D eigenvalue weighted by molar-refractivity contribution is 5.41. The van der Waals surface area contributed by atoms with Crippen LogP contribution in [0, 0.1) is 16.0 Å². The number of nitro benzene ring substituents is 1. The van der Waals surface area contributed by atoms with E-state index in [9.17, 15) is 10.1 Å². The number of para-hydroxylation sites is 1. The van der Waals surface area contributed by atoms with Gasteiger partial charge in [0.1, 0.15) is 0 Å². The molecule has 2 rings (SSSR count). The molecule has 0 radical (unpaired) electrons. The van der Waals surface area contributed by atoms with Crippen LogP contribution in [0.15, 0.2) is 24.3 Å². The van der Waals surface area contributed by atoms with Gasteiger partial charge in [-0.25, -0.2) is 0 Å². The molecule has 5 heteroatoms. The number of nitrogens with one attached hydrogen (secondary N) is 1. The predicted octanol–water partition coefficient (Wildman–Crippen LogP) is 2.59. The maximum Gasteiger partial charge on any atom is 0.274 e. The molecule has 20 heavy (non-hydrogen) atoms. The van der Waals surface area contributed by atoms with E-state index in [-0.39, 0.29) is 16.7 Å². The highest BCUT2D eigenvalue weighted by Gasteiger charge is 2.23. The van der Waals surface area contributed by atoms with E-state index in [0.717, 1.165) is 25.2 Å². The van der Waals surface area contributed by atoms with Gasteiger partial charge in [-0.1, -0.05) is 25.1 Å². The van der Waals surface area contributed by atoms with Crippen molar-refractivity contribution in [1.29, 1.82) is 0 Å².